The molecule has 0 aliphatic rings. The average molecular weight is 291 g/mol. The minimum atomic E-state index is 0.840. The summed E-state index contributed by atoms with van der Waals surface area (Å²) in [7, 11) is 3.89. The van der Waals surface area contributed by atoms with Crippen LogP contribution in [0.25, 0.3) is 0 Å². The summed E-state index contributed by atoms with van der Waals surface area (Å²) in [5.74, 6) is 0.932. The van der Waals surface area contributed by atoms with Gasteiger partial charge in [-0.25, -0.2) is 4.98 Å². The van der Waals surface area contributed by atoms with Crippen LogP contribution in [-0.2, 0) is 13.0 Å². The van der Waals surface area contributed by atoms with Crippen molar-refractivity contribution in [3.05, 3.63) is 41.1 Å². The van der Waals surface area contributed by atoms with E-state index in [4.69, 9.17) is 0 Å². The van der Waals surface area contributed by atoms with Crippen LogP contribution in [0.4, 0.5) is 0 Å². The molecular formula is C14H21N5S. The summed E-state index contributed by atoms with van der Waals surface area (Å²) in [6, 6.07) is 4.27. The van der Waals surface area contributed by atoms with Crippen LogP contribution < -0.4 is 5.32 Å². The van der Waals surface area contributed by atoms with Gasteiger partial charge in [-0.2, -0.15) is 0 Å². The molecular weight excluding hydrogens is 270 g/mol. The van der Waals surface area contributed by atoms with Crippen LogP contribution in [0.2, 0.25) is 0 Å². The monoisotopic (exact) mass is 291 g/mol. The van der Waals surface area contributed by atoms with Crippen molar-refractivity contribution in [2.24, 2.45) is 4.99 Å². The smallest absolute Gasteiger partial charge is 0.193 e. The molecule has 0 aromatic carbocycles. The molecule has 108 valence electrons. The zero-order valence-corrected chi connectivity index (χ0v) is 12.8. The van der Waals surface area contributed by atoms with Gasteiger partial charge >= 0.3 is 0 Å². The lowest BCUT2D eigenvalue weighted by Gasteiger charge is -2.21. The van der Waals surface area contributed by atoms with E-state index in [2.05, 4.69) is 44.8 Å². The molecule has 0 saturated heterocycles. The summed E-state index contributed by atoms with van der Waals surface area (Å²) >= 11 is 1.80. The molecule has 0 atom stereocenters. The lowest BCUT2D eigenvalue weighted by atomic mass is 10.3. The first kappa shape index (κ1) is 14.6. The summed E-state index contributed by atoms with van der Waals surface area (Å²) in [5, 5.41) is 5.49. The lowest BCUT2D eigenvalue weighted by Crippen LogP contribution is -2.41. The molecule has 0 amide bonds. The van der Waals surface area contributed by atoms with E-state index in [0.29, 0.717) is 0 Å². The van der Waals surface area contributed by atoms with Crippen LogP contribution >= 0.6 is 11.3 Å². The van der Waals surface area contributed by atoms with Crippen LogP contribution in [0.3, 0.4) is 0 Å². The minimum Gasteiger partial charge on any atom is -0.354 e. The number of rotatable bonds is 6. The van der Waals surface area contributed by atoms with Crippen LogP contribution in [0.5, 0.6) is 0 Å². The van der Waals surface area contributed by atoms with E-state index in [1.165, 1.54) is 4.88 Å². The Kier molecular flexibility index (Phi) is 5.61. The molecule has 0 spiro atoms. The molecule has 0 unspecified atom stereocenters. The quantitative estimate of drug-likeness (QED) is 0.651. The number of aliphatic imine (C=N–C) groups is 1. The fourth-order valence-electron chi connectivity index (χ4n) is 1.94. The Labute approximate surface area is 124 Å². The highest BCUT2D eigenvalue weighted by Gasteiger charge is 2.05. The maximum absolute atomic E-state index is 4.32. The van der Waals surface area contributed by atoms with Gasteiger partial charge in [0.2, 0.25) is 0 Å². The molecule has 0 saturated carbocycles. The third-order valence-corrected chi connectivity index (χ3v) is 4.00. The summed E-state index contributed by atoms with van der Waals surface area (Å²) in [6.07, 6.45) is 6.63. The Balaban J connectivity index is 1.73. The van der Waals surface area contributed by atoms with Crippen LogP contribution in [0.1, 0.15) is 4.88 Å². The van der Waals surface area contributed by atoms with Crippen molar-refractivity contribution >= 4 is 17.3 Å². The summed E-state index contributed by atoms with van der Waals surface area (Å²) in [6.45, 7) is 2.69. The molecule has 2 aromatic heterocycles. The first-order valence-electron chi connectivity index (χ1n) is 6.69. The van der Waals surface area contributed by atoms with Crippen molar-refractivity contribution in [1.29, 1.82) is 0 Å². The van der Waals surface area contributed by atoms with Gasteiger partial charge in [0, 0.05) is 51.0 Å². The highest BCUT2D eigenvalue weighted by molar-refractivity contribution is 7.09. The molecule has 0 radical (unpaired) electrons. The van der Waals surface area contributed by atoms with E-state index in [1.54, 1.807) is 17.5 Å². The molecule has 0 aliphatic heterocycles. The molecule has 2 aromatic rings. The van der Waals surface area contributed by atoms with E-state index in [0.717, 1.165) is 32.0 Å². The third kappa shape index (κ3) is 4.38. The third-order valence-electron chi connectivity index (χ3n) is 3.06. The second-order valence-electron chi connectivity index (χ2n) is 4.53. The number of aromatic nitrogens is 2. The van der Waals surface area contributed by atoms with E-state index in [-0.39, 0.29) is 0 Å². The highest BCUT2D eigenvalue weighted by atomic mass is 32.1. The Morgan fingerprint density at radius 1 is 1.55 bits per heavy atom. The van der Waals surface area contributed by atoms with Crippen molar-refractivity contribution in [2.45, 2.75) is 13.0 Å². The standard InChI is InChI=1S/C14H21N5S/c1-15-14(17-7-10-19-9-6-16-12-19)18(2)8-5-13-4-3-11-20-13/h3-4,6,9,11-12H,5,7-8,10H2,1-2H3,(H,15,17). The van der Waals surface area contributed by atoms with Gasteiger partial charge in [0.05, 0.1) is 6.33 Å². The van der Waals surface area contributed by atoms with Gasteiger partial charge in [-0.15, -0.1) is 11.3 Å². The SMILES string of the molecule is CN=C(NCCn1ccnc1)N(C)CCc1cccs1. The zero-order valence-electron chi connectivity index (χ0n) is 12.0. The topological polar surface area (TPSA) is 45.5 Å². The van der Waals surface area contributed by atoms with Gasteiger partial charge < -0.3 is 14.8 Å². The van der Waals surface area contributed by atoms with Crippen LogP contribution in [0.15, 0.2) is 41.2 Å². The van der Waals surface area contributed by atoms with Gasteiger partial charge in [0.25, 0.3) is 0 Å². The summed E-state index contributed by atoms with van der Waals surface area (Å²) < 4.78 is 2.05. The van der Waals surface area contributed by atoms with Gasteiger partial charge in [0.1, 0.15) is 0 Å². The lowest BCUT2D eigenvalue weighted by molar-refractivity contribution is 0.483. The van der Waals surface area contributed by atoms with Crippen molar-refractivity contribution < 1.29 is 0 Å². The number of hydrogen-bond donors (Lipinski definition) is 1. The maximum atomic E-state index is 4.32. The Bertz CT molecular complexity index is 504. The predicted molar refractivity (Wildman–Crippen MR) is 84.2 cm³/mol. The highest BCUT2D eigenvalue weighted by Crippen LogP contribution is 2.09. The summed E-state index contributed by atoms with van der Waals surface area (Å²) in [4.78, 5) is 11.9. The fourth-order valence-corrected chi connectivity index (χ4v) is 2.64. The molecule has 0 fully saturated rings. The number of nitrogens with one attached hydrogen (secondary N) is 1. The van der Waals surface area contributed by atoms with Gasteiger partial charge in [-0.3, -0.25) is 4.99 Å². The van der Waals surface area contributed by atoms with E-state index in [9.17, 15) is 0 Å². The summed E-state index contributed by atoms with van der Waals surface area (Å²) in [5.41, 5.74) is 0. The molecule has 5 nitrogen and oxygen atoms in total. The molecule has 0 aliphatic carbocycles. The molecule has 6 heteroatoms. The number of likely N-dealkylation sites (N-methyl/N-ethyl adjacent to an activating group) is 1. The van der Waals surface area contributed by atoms with E-state index >= 15 is 0 Å². The van der Waals surface area contributed by atoms with Gasteiger partial charge in [-0.05, 0) is 17.9 Å². The second kappa shape index (κ2) is 7.69. The Morgan fingerprint density at radius 2 is 2.45 bits per heavy atom. The number of guanidine groups is 1. The molecule has 20 heavy (non-hydrogen) atoms. The number of hydrogen-bond acceptors (Lipinski definition) is 3. The fraction of sp³-hybridized carbons (Fsp3) is 0.429. The number of imidazole rings is 1. The Hall–Kier alpha value is -1.82. The van der Waals surface area contributed by atoms with Gasteiger partial charge in [-0.1, -0.05) is 6.07 Å². The second-order valence-corrected chi connectivity index (χ2v) is 5.56. The Morgan fingerprint density at radius 3 is 3.10 bits per heavy atom. The molecule has 2 rings (SSSR count). The van der Waals surface area contributed by atoms with Gasteiger partial charge in [0.15, 0.2) is 5.96 Å². The van der Waals surface area contributed by atoms with Crippen molar-refractivity contribution in [3.8, 4) is 0 Å². The molecule has 1 N–H and O–H groups in total. The molecule has 0 bridgehead atoms. The number of thiophene rings is 1. The largest absolute Gasteiger partial charge is 0.354 e. The van der Waals surface area contributed by atoms with Crippen molar-refractivity contribution in [3.63, 3.8) is 0 Å². The van der Waals surface area contributed by atoms with E-state index < -0.39 is 0 Å². The maximum Gasteiger partial charge on any atom is 0.193 e. The van der Waals surface area contributed by atoms with Crippen LogP contribution in [-0.4, -0.2) is 47.6 Å². The minimum absolute atomic E-state index is 0.840. The number of nitrogens with zero attached hydrogens (tertiary/aromatic N) is 4. The van der Waals surface area contributed by atoms with Crippen molar-refractivity contribution in [1.82, 2.24) is 19.8 Å². The first-order chi connectivity index (χ1) is 9.79. The van der Waals surface area contributed by atoms with Crippen molar-refractivity contribution in [2.75, 3.05) is 27.2 Å². The average Bonchev–Trinajstić information content (AvgIpc) is 3.14. The first-order valence-corrected chi connectivity index (χ1v) is 7.57. The predicted octanol–water partition coefficient (Wildman–Crippen LogP) is 1.69. The van der Waals surface area contributed by atoms with E-state index in [1.807, 2.05) is 24.1 Å². The molecule has 2 heterocycles. The van der Waals surface area contributed by atoms with Crippen LogP contribution in [0, 0.1) is 0 Å². The normalized spacial score (nSPS) is 11.6. The zero-order chi connectivity index (χ0) is 14.2.